The molecule has 0 aliphatic rings. The van der Waals surface area contributed by atoms with Crippen LogP contribution < -0.4 is 10.6 Å². The average molecular weight is 332 g/mol. The summed E-state index contributed by atoms with van der Waals surface area (Å²) in [6.07, 6.45) is 2.74. The van der Waals surface area contributed by atoms with E-state index in [-0.39, 0.29) is 30.0 Å². The molecule has 2 amide bonds. The van der Waals surface area contributed by atoms with Crippen LogP contribution in [0.4, 0.5) is 13.2 Å². The lowest BCUT2D eigenvalue weighted by atomic mass is 10.1. The Labute approximate surface area is 130 Å². The molecule has 0 radical (unpaired) electrons. The van der Waals surface area contributed by atoms with Crippen molar-refractivity contribution in [3.05, 3.63) is 41.5 Å². The fourth-order valence-electron chi connectivity index (χ4n) is 1.46. The van der Waals surface area contributed by atoms with Gasteiger partial charge in [-0.2, -0.15) is 13.2 Å². The van der Waals surface area contributed by atoms with E-state index < -0.39 is 11.4 Å². The Kier molecular flexibility index (Phi) is 6.97. The molecule has 0 heterocycles. The fourth-order valence-corrected chi connectivity index (χ4v) is 1.90. The molecule has 0 aromatic heterocycles. The molecule has 1 aromatic rings. The number of amides is 2. The van der Waals surface area contributed by atoms with Gasteiger partial charge in [0.15, 0.2) is 0 Å². The van der Waals surface area contributed by atoms with E-state index in [4.69, 9.17) is 0 Å². The maximum atomic E-state index is 11.9. The molecule has 0 saturated heterocycles. The van der Waals surface area contributed by atoms with Gasteiger partial charge < -0.3 is 10.6 Å². The third-order valence-electron chi connectivity index (χ3n) is 2.49. The second-order valence-electron chi connectivity index (χ2n) is 4.12. The zero-order valence-corrected chi connectivity index (χ0v) is 12.6. The Hall–Kier alpha value is -1.96. The summed E-state index contributed by atoms with van der Waals surface area (Å²) < 4.78 is 35.6. The van der Waals surface area contributed by atoms with Gasteiger partial charge in [0, 0.05) is 31.0 Å². The first-order valence-corrected chi connectivity index (χ1v) is 7.29. The van der Waals surface area contributed by atoms with Gasteiger partial charge >= 0.3 is 5.51 Å². The number of carbonyl (C=O) groups is 2. The summed E-state index contributed by atoms with van der Waals surface area (Å²) in [7, 11) is 1.53. The van der Waals surface area contributed by atoms with Crippen molar-refractivity contribution in [3.8, 4) is 0 Å². The van der Waals surface area contributed by atoms with Crippen molar-refractivity contribution in [2.24, 2.45) is 0 Å². The fraction of sp³-hybridized carbons (Fsp3) is 0.286. The molecule has 0 saturated carbocycles. The maximum absolute atomic E-state index is 11.9. The Morgan fingerprint density at radius 3 is 2.41 bits per heavy atom. The van der Waals surface area contributed by atoms with Gasteiger partial charge in [-0.25, -0.2) is 0 Å². The van der Waals surface area contributed by atoms with Gasteiger partial charge in [0.25, 0.3) is 5.91 Å². The SMILES string of the molecule is CNC(=O)c1ccc(C=CC(=O)NCCSC(F)(F)F)cc1. The van der Waals surface area contributed by atoms with E-state index >= 15 is 0 Å². The first kappa shape index (κ1) is 18.1. The quantitative estimate of drug-likeness (QED) is 0.621. The van der Waals surface area contributed by atoms with E-state index in [1.807, 2.05) is 0 Å². The minimum Gasteiger partial charge on any atom is -0.355 e. The molecule has 4 nitrogen and oxygen atoms in total. The molecule has 2 N–H and O–H groups in total. The van der Waals surface area contributed by atoms with Crippen LogP contribution in [0, 0.1) is 0 Å². The summed E-state index contributed by atoms with van der Waals surface area (Å²) in [6.45, 7) is -0.0665. The summed E-state index contributed by atoms with van der Waals surface area (Å²) in [6, 6.07) is 6.54. The van der Waals surface area contributed by atoms with Crippen LogP contribution in [0.3, 0.4) is 0 Å². The molecule has 120 valence electrons. The predicted octanol–water partition coefficient (Wildman–Crippen LogP) is 2.43. The van der Waals surface area contributed by atoms with Crippen molar-refractivity contribution < 1.29 is 22.8 Å². The highest BCUT2D eigenvalue weighted by atomic mass is 32.2. The van der Waals surface area contributed by atoms with Gasteiger partial charge in [-0.15, -0.1) is 0 Å². The number of alkyl halides is 3. The Balaban J connectivity index is 2.41. The molecule has 1 aromatic carbocycles. The predicted molar refractivity (Wildman–Crippen MR) is 80.4 cm³/mol. The number of nitrogens with one attached hydrogen (secondary N) is 2. The summed E-state index contributed by atoms with van der Waals surface area (Å²) in [5, 5.41) is 4.84. The average Bonchev–Trinajstić information content (AvgIpc) is 2.48. The number of benzene rings is 1. The summed E-state index contributed by atoms with van der Waals surface area (Å²) in [5.41, 5.74) is -3.09. The lowest BCUT2D eigenvalue weighted by molar-refractivity contribution is -0.116. The zero-order chi connectivity index (χ0) is 16.6. The van der Waals surface area contributed by atoms with E-state index in [1.54, 1.807) is 24.3 Å². The van der Waals surface area contributed by atoms with E-state index in [1.165, 1.54) is 19.2 Å². The molecule has 0 bridgehead atoms. The Bertz CT molecular complexity index is 542. The van der Waals surface area contributed by atoms with E-state index in [0.29, 0.717) is 11.1 Å². The summed E-state index contributed by atoms with van der Waals surface area (Å²) in [4.78, 5) is 22.7. The molecular formula is C14H15F3N2O2S. The third kappa shape index (κ3) is 7.16. The zero-order valence-electron chi connectivity index (χ0n) is 11.7. The Morgan fingerprint density at radius 1 is 1.23 bits per heavy atom. The minimum absolute atomic E-state index is 0.0665. The van der Waals surface area contributed by atoms with Crippen LogP contribution in [0.15, 0.2) is 30.3 Å². The molecule has 0 spiro atoms. The van der Waals surface area contributed by atoms with Gasteiger partial charge in [0.1, 0.15) is 0 Å². The summed E-state index contributed by atoms with van der Waals surface area (Å²) in [5.74, 6) is -0.919. The molecule has 0 unspecified atom stereocenters. The monoisotopic (exact) mass is 332 g/mol. The lowest BCUT2D eigenvalue weighted by Crippen LogP contribution is -2.24. The Morgan fingerprint density at radius 2 is 1.86 bits per heavy atom. The molecule has 0 fully saturated rings. The minimum atomic E-state index is -4.28. The van der Waals surface area contributed by atoms with Crippen LogP contribution in [0.5, 0.6) is 0 Å². The molecule has 0 atom stereocenters. The number of carbonyl (C=O) groups excluding carboxylic acids is 2. The molecule has 8 heteroatoms. The van der Waals surface area contributed by atoms with Crippen molar-refractivity contribution in [2.75, 3.05) is 19.3 Å². The van der Waals surface area contributed by atoms with Crippen molar-refractivity contribution >= 4 is 29.7 Å². The summed E-state index contributed by atoms with van der Waals surface area (Å²) >= 11 is -0.180. The highest BCUT2D eigenvalue weighted by Gasteiger charge is 2.27. The van der Waals surface area contributed by atoms with Crippen molar-refractivity contribution in [2.45, 2.75) is 5.51 Å². The molecule has 1 rings (SSSR count). The third-order valence-corrected chi connectivity index (χ3v) is 3.23. The maximum Gasteiger partial charge on any atom is 0.441 e. The molecule has 0 aliphatic carbocycles. The highest BCUT2D eigenvalue weighted by molar-refractivity contribution is 8.00. The van der Waals surface area contributed by atoms with Crippen LogP contribution >= 0.6 is 11.8 Å². The van der Waals surface area contributed by atoms with Crippen LogP contribution in [-0.4, -0.2) is 36.7 Å². The van der Waals surface area contributed by atoms with E-state index in [2.05, 4.69) is 10.6 Å². The smallest absolute Gasteiger partial charge is 0.355 e. The van der Waals surface area contributed by atoms with Crippen LogP contribution in [0.25, 0.3) is 6.08 Å². The number of thioether (sulfide) groups is 1. The number of halogens is 3. The van der Waals surface area contributed by atoms with Crippen molar-refractivity contribution in [3.63, 3.8) is 0 Å². The van der Waals surface area contributed by atoms with Gasteiger partial charge in [0.05, 0.1) is 0 Å². The van der Waals surface area contributed by atoms with Crippen LogP contribution in [0.1, 0.15) is 15.9 Å². The van der Waals surface area contributed by atoms with E-state index in [0.717, 1.165) is 0 Å². The number of rotatable bonds is 6. The normalized spacial score (nSPS) is 11.5. The van der Waals surface area contributed by atoms with Crippen LogP contribution in [0.2, 0.25) is 0 Å². The highest BCUT2D eigenvalue weighted by Crippen LogP contribution is 2.29. The molecule has 22 heavy (non-hydrogen) atoms. The first-order chi connectivity index (χ1) is 10.3. The second-order valence-corrected chi connectivity index (χ2v) is 5.28. The van der Waals surface area contributed by atoms with Gasteiger partial charge in [-0.1, -0.05) is 12.1 Å². The van der Waals surface area contributed by atoms with Gasteiger partial charge in [-0.3, -0.25) is 9.59 Å². The number of hydrogen-bond donors (Lipinski definition) is 2. The lowest BCUT2D eigenvalue weighted by Gasteiger charge is -2.05. The van der Waals surface area contributed by atoms with Gasteiger partial charge in [-0.05, 0) is 35.5 Å². The van der Waals surface area contributed by atoms with E-state index in [9.17, 15) is 22.8 Å². The molecule has 0 aliphatic heterocycles. The largest absolute Gasteiger partial charge is 0.441 e. The van der Waals surface area contributed by atoms with Crippen LogP contribution in [-0.2, 0) is 4.79 Å². The first-order valence-electron chi connectivity index (χ1n) is 6.30. The van der Waals surface area contributed by atoms with Crippen molar-refractivity contribution in [1.29, 1.82) is 0 Å². The second kappa shape index (κ2) is 8.47. The number of hydrogen-bond acceptors (Lipinski definition) is 3. The molecular weight excluding hydrogens is 317 g/mol. The van der Waals surface area contributed by atoms with Gasteiger partial charge in [0.2, 0.25) is 5.91 Å². The standard InChI is InChI=1S/C14H15F3N2O2S/c1-18-13(21)11-5-2-10(3-6-11)4-7-12(20)19-8-9-22-14(15,16)17/h2-7H,8-9H2,1H3,(H,18,21)(H,19,20). The topological polar surface area (TPSA) is 58.2 Å². The van der Waals surface area contributed by atoms with Crippen molar-refractivity contribution in [1.82, 2.24) is 10.6 Å².